The van der Waals surface area contributed by atoms with Crippen molar-refractivity contribution < 1.29 is 9.53 Å². The summed E-state index contributed by atoms with van der Waals surface area (Å²) < 4.78 is 5.33. The summed E-state index contributed by atoms with van der Waals surface area (Å²) in [5.41, 5.74) is 2.40. The molecule has 1 heterocycles. The predicted octanol–water partition coefficient (Wildman–Crippen LogP) is 6.64. The van der Waals surface area contributed by atoms with Crippen LogP contribution in [-0.2, 0) is 11.2 Å². The number of unbranched alkanes of at least 4 members (excludes halogenated alkanes) is 5. The van der Waals surface area contributed by atoms with Crippen LogP contribution in [0.2, 0.25) is 0 Å². The summed E-state index contributed by atoms with van der Waals surface area (Å²) in [6.07, 6.45) is 14.9. The molecule has 0 aliphatic carbocycles. The molecular formula is C25H33NO2. The number of carbonyl (C=O) groups excluding carboxylic acids is 1. The average molecular weight is 380 g/mol. The largest absolute Gasteiger partial charge is 0.404 e. The van der Waals surface area contributed by atoms with Crippen molar-refractivity contribution in [3.8, 4) is 5.88 Å². The van der Waals surface area contributed by atoms with Crippen molar-refractivity contribution in [1.29, 1.82) is 0 Å². The van der Waals surface area contributed by atoms with Crippen LogP contribution in [0.3, 0.4) is 0 Å². The molecule has 2 rings (SSSR count). The van der Waals surface area contributed by atoms with Crippen LogP contribution < -0.4 is 4.74 Å². The van der Waals surface area contributed by atoms with Crippen molar-refractivity contribution in [3.05, 3.63) is 71.9 Å². The maximum atomic E-state index is 12.1. The van der Waals surface area contributed by atoms with Gasteiger partial charge in [0, 0.05) is 24.3 Å². The molecule has 150 valence electrons. The molecule has 3 heteroatoms. The fourth-order valence-corrected chi connectivity index (χ4v) is 3.24. The molecule has 3 nitrogen and oxygen atoms in total. The minimum absolute atomic E-state index is 0.210. The van der Waals surface area contributed by atoms with E-state index < -0.39 is 0 Å². The molecule has 1 aromatic heterocycles. The molecular weight excluding hydrogens is 346 g/mol. The molecule has 0 saturated heterocycles. The molecule has 0 N–H and O–H groups in total. The number of nitrogens with zero attached hydrogens (tertiary/aromatic N) is 1. The van der Waals surface area contributed by atoms with E-state index in [1.807, 2.05) is 36.5 Å². The quantitative estimate of drug-likeness (QED) is 0.236. The summed E-state index contributed by atoms with van der Waals surface area (Å²) in [5, 5.41) is 0. The summed E-state index contributed by atoms with van der Waals surface area (Å²) in [6.45, 7) is 4.35. The number of esters is 1. The SMILES string of the molecule is CCCCCCCCc1ccc(OC(=O)C=CC(CC)c2ccccc2)nc1. The van der Waals surface area contributed by atoms with E-state index in [4.69, 9.17) is 4.74 Å². The van der Waals surface area contributed by atoms with Crippen LogP contribution >= 0.6 is 0 Å². The van der Waals surface area contributed by atoms with Crippen LogP contribution in [0.4, 0.5) is 0 Å². The van der Waals surface area contributed by atoms with E-state index in [1.54, 1.807) is 6.07 Å². The van der Waals surface area contributed by atoms with Crippen LogP contribution in [0.5, 0.6) is 5.88 Å². The normalized spacial score (nSPS) is 12.2. The van der Waals surface area contributed by atoms with Gasteiger partial charge in [0.25, 0.3) is 0 Å². The van der Waals surface area contributed by atoms with Gasteiger partial charge in [-0.15, -0.1) is 0 Å². The Morgan fingerprint density at radius 3 is 2.43 bits per heavy atom. The third-order valence-corrected chi connectivity index (χ3v) is 4.95. The van der Waals surface area contributed by atoms with Gasteiger partial charge in [0.1, 0.15) is 0 Å². The van der Waals surface area contributed by atoms with Gasteiger partial charge in [0.2, 0.25) is 5.88 Å². The lowest BCUT2D eigenvalue weighted by atomic mass is 9.96. The first-order valence-electron chi connectivity index (χ1n) is 10.6. The highest BCUT2D eigenvalue weighted by Gasteiger charge is 2.07. The van der Waals surface area contributed by atoms with Gasteiger partial charge in [-0.3, -0.25) is 0 Å². The van der Waals surface area contributed by atoms with Gasteiger partial charge >= 0.3 is 5.97 Å². The number of pyridine rings is 1. The Labute approximate surface area is 169 Å². The van der Waals surface area contributed by atoms with Gasteiger partial charge in [0.15, 0.2) is 0 Å². The van der Waals surface area contributed by atoms with Crippen molar-refractivity contribution >= 4 is 5.97 Å². The Balaban J connectivity index is 1.77. The number of allylic oxidation sites excluding steroid dienone is 1. The molecule has 0 spiro atoms. The van der Waals surface area contributed by atoms with Crippen molar-refractivity contribution in [1.82, 2.24) is 4.98 Å². The summed E-state index contributed by atoms with van der Waals surface area (Å²) in [7, 11) is 0. The zero-order valence-corrected chi connectivity index (χ0v) is 17.3. The van der Waals surface area contributed by atoms with Crippen molar-refractivity contribution in [2.24, 2.45) is 0 Å². The first-order chi connectivity index (χ1) is 13.7. The second-order valence-corrected chi connectivity index (χ2v) is 7.23. The molecule has 1 unspecified atom stereocenters. The summed E-state index contributed by atoms with van der Waals surface area (Å²) in [5.74, 6) is 0.182. The Hall–Kier alpha value is -2.42. The van der Waals surface area contributed by atoms with E-state index in [0.29, 0.717) is 5.88 Å². The number of hydrogen-bond donors (Lipinski definition) is 0. The first-order valence-corrected chi connectivity index (χ1v) is 10.6. The van der Waals surface area contributed by atoms with Crippen LogP contribution in [0.1, 0.15) is 75.8 Å². The third kappa shape index (κ3) is 8.08. The highest BCUT2D eigenvalue weighted by Crippen LogP contribution is 2.20. The summed E-state index contributed by atoms with van der Waals surface area (Å²) in [6, 6.07) is 14.0. The Bertz CT molecular complexity index is 707. The highest BCUT2D eigenvalue weighted by atomic mass is 16.5. The zero-order chi connectivity index (χ0) is 20.0. The molecule has 2 aromatic rings. The highest BCUT2D eigenvalue weighted by molar-refractivity contribution is 5.83. The van der Waals surface area contributed by atoms with E-state index in [-0.39, 0.29) is 11.9 Å². The first kappa shape index (κ1) is 21.9. The molecule has 0 fully saturated rings. The van der Waals surface area contributed by atoms with E-state index >= 15 is 0 Å². The Kier molecular flexibility index (Phi) is 10.1. The fraction of sp³-hybridized carbons (Fsp3) is 0.440. The van der Waals surface area contributed by atoms with Gasteiger partial charge < -0.3 is 4.74 Å². The van der Waals surface area contributed by atoms with Gasteiger partial charge in [-0.05, 0) is 30.4 Å². The van der Waals surface area contributed by atoms with Crippen molar-refractivity contribution in [2.45, 2.75) is 71.1 Å². The van der Waals surface area contributed by atoms with Crippen molar-refractivity contribution in [3.63, 3.8) is 0 Å². The standard InChI is InChI=1S/C25H33NO2/c1-3-5-6-7-8-10-13-21-16-18-24(26-20-21)28-25(27)19-17-22(4-2)23-14-11-9-12-15-23/h9,11-12,14-20,22H,3-8,10,13H2,1-2H3. The summed E-state index contributed by atoms with van der Waals surface area (Å²) >= 11 is 0. The Morgan fingerprint density at radius 1 is 1.00 bits per heavy atom. The lowest BCUT2D eigenvalue weighted by Crippen LogP contribution is -2.06. The molecule has 1 aromatic carbocycles. The number of aromatic nitrogens is 1. The minimum Gasteiger partial charge on any atom is -0.404 e. The zero-order valence-electron chi connectivity index (χ0n) is 17.3. The number of benzene rings is 1. The maximum Gasteiger partial charge on any atom is 0.337 e. The average Bonchev–Trinajstić information content (AvgIpc) is 2.73. The molecule has 0 aliphatic heterocycles. The number of aryl methyl sites for hydroxylation is 1. The van der Waals surface area contributed by atoms with Crippen LogP contribution in [0.25, 0.3) is 0 Å². The lowest BCUT2D eigenvalue weighted by molar-refractivity contribution is -0.129. The van der Waals surface area contributed by atoms with Gasteiger partial charge in [-0.25, -0.2) is 9.78 Å². The minimum atomic E-state index is -0.384. The molecule has 1 atom stereocenters. The second-order valence-electron chi connectivity index (χ2n) is 7.23. The molecule has 0 amide bonds. The van der Waals surface area contributed by atoms with E-state index in [0.717, 1.165) is 12.8 Å². The molecule has 0 aliphatic rings. The molecule has 0 saturated carbocycles. The monoisotopic (exact) mass is 379 g/mol. The number of carbonyl (C=O) groups is 1. The number of ether oxygens (including phenoxy) is 1. The van der Waals surface area contributed by atoms with Crippen LogP contribution in [0, 0.1) is 0 Å². The topological polar surface area (TPSA) is 39.2 Å². The predicted molar refractivity (Wildman–Crippen MR) is 116 cm³/mol. The molecule has 0 bridgehead atoms. The third-order valence-electron chi connectivity index (χ3n) is 4.95. The molecule has 28 heavy (non-hydrogen) atoms. The molecule has 0 radical (unpaired) electrons. The van der Waals surface area contributed by atoms with Gasteiger partial charge in [-0.1, -0.05) is 88.4 Å². The number of hydrogen-bond acceptors (Lipinski definition) is 3. The van der Waals surface area contributed by atoms with E-state index in [1.165, 1.54) is 55.7 Å². The lowest BCUT2D eigenvalue weighted by Gasteiger charge is -2.09. The fourth-order valence-electron chi connectivity index (χ4n) is 3.24. The van der Waals surface area contributed by atoms with E-state index in [9.17, 15) is 4.79 Å². The Morgan fingerprint density at radius 2 is 1.75 bits per heavy atom. The van der Waals surface area contributed by atoms with Gasteiger partial charge in [-0.2, -0.15) is 0 Å². The van der Waals surface area contributed by atoms with Crippen LogP contribution in [0.15, 0.2) is 60.8 Å². The number of rotatable bonds is 12. The summed E-state index contributed by atoms with van der Waals surface area (Å²) in [4.78, 5) is 16.4. The van der Waals surface area contributed by atoms with Crippen molar-refractivity contribution in [2.75, 3.05) is 0 Å². The van der Waals surface area contributed by atoms with Gasteiger partial charge in [0.05, 0.1) is 0 Å². The maximum absolute atomic E-state index is 12.1. The second kappa shape index (κ2) is 12.9. The van der Waals surface area contributed by atoms with Crippen LogP contribution in [-0.4, -0.2) is 11.0 Å². The smallest absolute Gasteiger partial charge is 0.337 e. The van der Waals surface area contributed by atoms with E-state index in [2.05, 4.69) is 31.0 Å².